The van der Waals surface area contributed by atoms with Gasteiger partial charge in [-0.05, 0) is 62.9 Å². The summed E-state index contributed by atoms with van der Waals surface area (Å²) in [7, 11) is 0. The van der Waals surface area contributed by atoms with Crippen LogP contribution in [-0.4, -0.2) is 22.0 Å². The van der Waals surface area contributed by atoms with Gasteiger partial charge in [-0.2, -0.15) is 0 Å². The third-order valence-corrected chi connectivity index (χ3v) is 6.45. The van der Waals surface area contributed by atoms with E-state index in [4.69, 9.17) is 4.74 Å². The largest absolute Gasteiger partial charge is 0.507 e. The molecule has 0 saturated carbocycles. The number of hydrogen-bond donors (Lipinski definition) is 2. The number of carboxylic acid groups (broad SMARTS) is 1. The van der Waals surface area contributed by atoms with E-state index in [1.807, 2.05) is 57.3 Å². The standard InChI is InChI=1S/C20H12I2O5/c21-13-5-11-17(7-15(13)23)27-18-8-16(24)14(22)6-12(18)19(11)9-3-1-2-4-10(9)20(25)26/h1-8,11,19,24H,(H,25,26). The van der Waals surface area contributed by atoms with Crippen LogP contribution >= 0.6 is 45.2 Å². The maximum atomic E-state index is 12.1. The molecule has 27 heavy (non-hydrogen) atoms. The number of phenolic OH excluding ortho intramolecular Hbond substituents is 1. The normalized spacial score (nSPS) is 20.7. The van der Waals surface area contributed by atoms with Gasteiger partial charge in [-0.1, -0.05) is 24.3 Å². The molecule has 1 aliphatic carbocycles. The molecule has 7 heteroatoms. The van der Waals surface area contributed by atoms with Crippen LogP contribution in [0.15, 0.2) is 57.9 Å². The SMILES string of the molecule is O=C1C=C2Oc3cc(O)c(I)cc3C(c3ccccc3C(=O)O)C2C=C1I. The van der Waals surface area contributed by atoms with Crippen LogP contribution in [-0.2, 0) is 4.79 Å². The number of phenols is 1. The molecule has 0 bridgehead atoms. The Labute approximate surface area is 182 Å². The van der Waals surface area contributed by atoms with Crippen molar-refractivity contribution in [2.24, 2.45) is 5.92 Å². The summed E-state index contributed by atoms with van der Waals surface area (Å²) in [4.78, 5) is 23.9. The molecule has 2 N–H and O–H groups in total. The van der Waals surface area contributed by atoms with Crippen molar-refractivity contribution in [2.75, 3.05) is 0 Å². The first-order chi connectivity index (χ1) is 12.9. The molecule has 2 unspecified atom stereocenters. The first-order valence-corrected chi connectivity index (χ1v) is 10.2. The van der Waals surface area contributed by atoms with Gasteiger partial charge in [0.05, 0.1) is 12.7 Å². The molecule has 2 atom stereocenters. The van der Waals surface area contributed by atoms with Gasteiger partial charge in [0.1, 0.15) is 17.3 Å². The number of hydrogen-bond acceptors (Lipinski definition) is 4. The fourth-order valence-electron chi connectivity index (χ4n) is 3.51. The topological polar surface area (TPSA) is 83.8 Å². The molecule has 0 fully saturated rings. The highest BCUT2D eigenvalue weighted by Crippen LogP contribution is 2.50. The van der Waals surface area contributed by atoms with E-state index in [1.165, 1.54) is 12.1 Å². The first kappa shape index (κ1) is 18.5. The Morgan fingerprint density at radius 3 is 2.59 bits per heavy atom. The zero-order valence-corrected chi connectivity index (χ0v) is 18.0. The number of halogens is 2. The van der Waals surface area contributed by atoms with Gasteiger partial charge in [-0.15, -0.1) is 0 Å². The second-order valence-corrected chi connectivity index (χ2v) is 8.59. The minimum absolute atomic E-state index is 0.0749. The number of carbonyl (C=O) groups excluding carboxylic acids is 1. The molecule has 1 aliphatic heterocycles. The van der Waals surface area contributed by atoms with Crippen molar-refractivity contribution in [3.8, 4) is 11.5 Å². The Hall–Kier alpha value is -1.88. The van der Waals surface area contributed by atoms with Crippen LogP contribution in [0.5, 0.6) is 11.5 Å². The Balaban J connectivity index is 2.01. The molecule has 2 aromatic rings. The second-order valence-electron chi connectivity index (χ2n) is 6.26. The first-order valence-electron chi connectivity index (χ1n) is 8.02. The number of ether oxygens (including phenoxy) is 1. The highest BCUT2D eigenvalue weighted by Gasteiger charge is 2.39. The minimum Gasteiger partial charge on any atom is -0.507 e. The van der Waals surface area contributed by atoms with Gasteiger partial charge in [0, 0.05) is 29.5 Å². The number of allylic oxidation sites excluding steroid dienone is 3. The van der Waals surface area contributed by atoms with E-state index in [2.05, 4.69) is 0 Å². The number of fused-ring (bicyclic) bond motifs is 2. The van der Waals surface area contributed by atoms with Gasteiger partial charge in [0.25, 0.3) is 0 Å². The van der Waals surface area contributed by atoms with E-state index >= 15 is 0 Å². The van der Waals surface area contributed by atoms with Crippen molar-refractivity contribution in [1.82, 2.24) is 0 Å². The van der Waals surface area contributed by atoms with E-state index < -0.39 is 5.97 Å². The lowest BCUT2D eigenvalue weighted by Crippen LogP contribution is -2.28. The lowest BCUT2D eigenvalue weighted by atomic mass is 9.74. The number of carbonyl (C=O) groups is 2. The molecular weight excluding hydrogens is 574 g/mol. The average molecular weight is 586 g/mol. The maximum Gasteiger partial charge on any atom is 0.335 e. The van der Waals surface area contributed by atoms with Crippen molar-refractivity contribution in [2.45, 2.75) is 5.92 Å². The minimum atomic E-state index is -1.01. The fraction of sp³-hybridized carbons (Fsp3) is 0.100. The van der Waals surface area contributed by atoms with Crippen LogP contribution in [0.25, 0.3) is 0 Å². The number of aromatic hydroxyl groups is 1. The number of aromatic carboxylic acids is 1. The predicted molar refractivity (Wildman–Crippen MR) is 115 cm³/mol. The summed E-state index contributed by atoms with van der Waals surface area (Å²) in [5, 5.41) is 19.8. The van der Waals surface area contributed by atoms with Crippen molar-refractivity contribution in [1.29, 1.82) is 0 Å². The summed E-state index contributed by atoms with van der Waals surface area (Å²) in [5.74, 6) is -0.848. The van der Waals surface area contributed by atoms with Crippen molar-refractivity contribution >= 4 is 56.9 Å². The van der Waals surface area contributed by atoms with Crippen LogP contribution in [0, 0.1) is 9.49 Å². The van der Waals surface area contributed by atoms with Gasteiger partial charge in [0.15, 0.2) is 5.78 Å². The van der Waals surface area contributed by atoms with Crippen molar-refractivity contribution in [3.63, 3.8) is 0 Å². The zero-order chi connectivity index (χ0) is 19.3. The maximum absolute atomic E-state index is 12.1. The second kappa shape index (κ2) is 6.93. The molecule has 4 rings (SSSR count). The molecule has 0 spiro atoms. The molecular formula is C20H12I2O5. The Bertz CT molecular complexity index is 1050. The van der Waals surface area contributed by atoms with Gasteiger partial charge >= 0.3 is 5.97 Å². The smallest absolute Gasteiger partial charge is 0.335 e. The molecule has 2 aromatic carbocycles. The lowest BCUT2D eigenvalue weighted by molar-refractivity contribution is -0.110. The molecule has 1 heterocycles. The fourth-order valence-corrected chi connectivity index (χ4v) is 4.54. The third-order valence-electron chi connectivity index (χ3n) is 4.69. The summed E-state index contributed by atoms with van der Waals surface area (Å²) < 4.78 is 7.14. The van der Waals surface area contributed by atoms with Crippen LogP contribution in [0.3, 0.4) is 0 Å². The Kier molecular flexibility index (Phi) is 4.75. The number of rotatable bonds is 2. The predicted octanol–water partition coefficient (Wildman–Crippen LogP) is 4.62. The molecule has 2 aliphatic rings. The summed E-state index contributed by atoms with van der Waals surface area (Å²) >= 11 is 4.02. The van der Waals surface area contributed by atoms with Crippen LogP contribution < -0.4 is 4.74 Å². The number of ketones is 1. The summed E-state index contributed by atoms with van der Waals surface area (Å²) in [6.45, 7) is 0. The van der Waals surface area contributed by atoms with Crippen molar-refractivity contribution in [3.05, 3.63) is 78.1 Å². The van der Waals surface area contributed by atoms with Gasteiger partial charge in [-0.3, -0.25) is 4.79 Å². The molecule has 0 saturated heterocycles. The monoisotopic (exact) mass is 586 g/mol. The van der Waals surface area contributed by atoms with Gasteiger partial charge in [-0.25, -0.2) is 4.79 Å². The summed E-state index contributed by atoms with van der Waals surface area (Å²) in [6.07, 6.45) is 3.27. The van der Waals surface area contributed by atoms with E-state index in [-0.39, 0.29) is 28.9 Å². The molecule has 0 amide bonds. The van der Waals surface area contributed by atoms with Gasteiger partial charge in [0.2, 0.25) is 0 Å². The van der Waals surface area contributed by atoms with Crippen LogP contribution in [0.4, 0.5) is 0 Å². The number of carboxylic acids is 1. The van der Waals surface area contributed by atoms with E-state index in [0.29, 0.717) is 24.2 Å². The molecule has 0 radical (unpaired) electrons. The van der Waals surface area contributed by atoms with E-state index in [1.54, 1.807) is 24.3 Å². The summed E-state index contributed by atoms with van der Waals surface area (Å²) in [5.41, 5.74) is 1.63. The van der Waals surface area contributed by atoms with Crippen LogP contribution in [0.1, 0.15) is 27.4 Å². The molecule has 0 aromatic heterocycles. The third kappa shape index (κ3) is 3.16. The van der Waals surface area contributed by atoms with Crippen LogP contribution in [0.2, 0.25) is 0 Å². The van der Waals surface area contributed by atoms with E-state index in [9.17, 15) is 19.8 Å². The average Bonchev–Trinajstić information content (AvgIpc) is 2.63. The summed E-state index contributed by atoms with van der Waals surface area (Å²) in [6, 6.07) is 10.2. The molecule has 5 nitrogen and oxygen atoms in total. The number of benzene rings is 2. The lowest BCUT2D eigenvalue weighted by Gasteiger charge is -2.36. The Morgan fingerprint density at radius 2 is 1.85 bits per heavy atom. The highest BCUT2D eigenvalue weighted by molar-refractivity contribution is 14.1. The quantitative estimate of drug-likeness (QED) is 0.503. The Morgan fingerprint density at radius 1 is 1.11 bits per heavy atom. The molecule has 136 valence electrons. The van der Waals surface area contributed by atoms with E-state index in [0.717, 1.165) is 5.56 Å². The van der Waals surface area contributed by atoms with Gasteiger partial charge < -0.3 is 14.9 Å². The zero-order valence-electron chi connectivity index (χ0n) is 13.6. The highest BCUT2D eigenvalue weighted by atomic mass is 127. The van der Waals surface area contributed by atoms with Crippen molar-refractivity contribution < 1.29 is 24.5 Å².